The second-order valence-corrected chi connectivity index (χ2v) is 9.66. The molecule has 1 amide bonds. The standard InChI is InChI=1S/C27H35FN6O4/c1-3-5-24-32-25(33-38-24)20-16-30-27(31-17-20)34-11-9-19(10-12-34)6-4-13-37-21-7-8-22(23(28)14-21)26(36)29-15-18(2)35/h7-8,14,16-19,35H,3-6,9-13,15H2,1-2H3,(H,29,36)/t18-/m1/s1. The molecule has 4 rings (SSSR count). The van der Waals surface area contributed by atoms with Gasteiger partial charge in [0.05, 0.1) is 23.8 Å². The van der Waals surface area contributed by atoms with Crippen LogP contribution in [0.5, 0.6) is 5.75 Å². The Balaban J connectivity index is 1.16. The van der Waals surface area contributed by atoms with Crippen LogP contribution in [0.15, 0.2) is 35.1 Å². The lowest BCUT2D eigenvalue weighted by molar-refractivity contribution is 0.0920. The number of hydrogen-bond acceptors (Lipinski definition) is 9. The van der Waals surface area contributed by atoms with Gasteiger partial charge < -0.3 is 24.6 Å². The summed E-state index contributed by atoms with van der Waals surface area (Å²) in [7, 11) is 0. The Kier molecular flexibility index (Phi) is 9.58. The van der Waals surface area contributed by atoms with E-state index in [1.807, 2.05) is 0 Å². The molecule has 11 heteroatoms. The Bertz CT molecular complexity index is 1180. The molecule has 2 aromatic heterocycles. The molecule has 3 aromatic rings. The Morgan fingerprint density at radius 1 is 1.29 bits per heavy atom. The first-order valence-corrected chi connectivity index (χ1v) is 13.2. The van der Waals surface area contributed by atoms with Crippen molar-refractivity contribution in [3.8, 4) is 17.1 Å². The third-order valence-electron chi connectivity index (χ3n) is 6.49. The number of aliphatic hydroxyl groups is 1. The number of hydrogen-bond donors (Lipinski definition) is 2. The van der Waals surface area contributed by atoms with Gasteiger partial charge in [-0.05, 0) is 57.1 Å². The molecular formula is C27H35FN6O4. The SMILES string of the molecule is CCCc1nc(-c2cnc(N3CCC(CCCOc4ccc(C(=O)NC[C@@H](C)O)c(F)c4)CC3)nc2)no1. The van der Waals surface area contributed by atoms with E-state index in [-0.39, 0.29) is 12.1 Å². The monoisotopic (exact) mass is 526 g/mol. The highest BCUT2D eigenvalue weighted by Crippen LogP contribution is 2.25. The van der Waals surface area contributed by atoms with E-state index in [4.69, 9.17) is 9.26 Å². The first-order valence-electron chi connectivity index (χ1n) is 13.2. The van der Waals surface area contributed by atoms with Crippen molar-refractivity contribution >= 4 is 11.9 Å². The molecule has 1 aliphatic rings. The molecule has 0 aliphatic carbocycles. The second kappa shape index (κ2) is 13.3. The molecule has 1 fully saturated rings. The predicted molar refractivity (Wildman–Crippen MR) is 139 cm³/mol. The number of carbonyl (C=O) groups excluding carboxylic acids is 1. The number of aromatic nitrogens is 4. The number of ether oxygens (including phenoxy) is 1. The number of nitrogens with one attached hydrogen (secondary N) is 1. The lowest BCUT2D eigenvalue weighted by Crippen LogP contribution is -2.34. The molecule has 0 saturated carbocycles. The maximum absolute atomic E-state index is 14.3. The van der Waals surface area contributed by atoms with Crippen LogP contribution in [0.25, 0.3) is 11.4 Å². The van der Waals surface area contributed by atoms with Gasteiger partial charge >= 0.3 is 0 Å². The van der Waals surface area contributed by atoms with Crippen LogP contribution >= 0.6 is 0 Å². The molecular weight excluding hydrogens is 491 g/mol. The Morgan fingerprint density at radius 3 is 2.74 bits per heavy atom. The molecule has 38 heavy (non-hydrogen) atoms. The topological polar surface area (TPSA) is 126 Å². The molecule has 2 N–H and O–H groups in total. The third kappa shape index (κ3) is 7.47. The maximum atomic E-state index is 14.3. The molecule has 0 unspecified atom stereocenters. The molecule has 1 saturated heterocycles. The van der Waals surface area contributed by atoms with Crippen molar-refractivity contribution in [2.24, 2.45) is 5.92 Å². The normalized spacial score (nSPS) is 14.9. The van der Waals surface area contributed by atoms with Gasteiger partial charge in [0.1, 0.15) is 11.6 Å². The van der Waals surface area contributed by atoms with Gasteiger partial charge in [-0.25, -0.2) is 14.4 Å². The minimum Gasteiger partial charge on any atom is -0.493 e. The number of amides is 1. The van der Waals surface area contributed by atoms with Crippen LogP contribution in [0.2, 0.25) is 0 Å². The molecule has 0 spiro atoms. The van der Waals surface area contributed by atoms with E-state index in [9.17, 15) is 14.3 Å². The van der Waals surface area contributed by atoms with Gasteiger partial charge in [-0.2, -0.15) is 4.98 Å². The van der Waals surface area contributed by atoms with Crippen molar-refractivity contribution < 1.29 is 23.6 Å². The number of rotatable bonds is 12. The van der Waals surface area contributed by atoms with Crippen molar-refractivity contribution in [2.75, 3.05) is 31.1 Å². The number of halogens is 1. The fourth-order valence-electron chi connectivity index (χ4n) is 4.38. The van der Waals surface area contributed by atoms with Crippen molar-refractivity contribution in [2.45, 2.75) is 58.5 Å². The molecule has 3 heterocycles. The first-order chi connectivity index (χ1) is 18.4. The summed E-state index contributed by atoms with van der Waals surface area (Å²) in [6, 6.07) is 4.22. The number of nitrogens with zero attached hydrogens (tertiary/aromatic N) is 5. The molecule has 1 aromatic carbocycles. The molecule has 1 aliphatic heterocycles. The van der Waals surface area contributed by atoms with E-state index in [1.165, 1.54) is 12.1 Å². The van der Waals surface area contributed by atoms with Gasteiger partial charge in [-0.15, -0.1) is 0 Å². The summed E-state index contributed by atoms with van der Waals surface area (Å²) in [5.74, 6) is 1.62. The number of piperidine rings is 1. The quantitative estimate of drug-likeness (QED) is 0.339. The Morgan fingerprint density at radius 2 is 2.05 bits per heavy atom. The minimum absolute atomic E-state index is 0.0656. The highest BCUT2D eigenvalue weighted by molar-refractivity contribution is 5.94. The lowest BCUT2D eigenvalue weighted by atomic mass is 9.92. The summed E-state index contributed by atoms with van der Waals surface area (Å²) < 4.78 is 25.3. The number of aryl methyl sites for hydroxylation is 1. The van der Waals surface area contributed by atoms with Crippen molar-refractivity contribution in [3.05, 3.63) is 47.9 Å². The van der Waals surface area contributed by atoms with E-state index >= 15 is 0 Å². The van der Waals surface area contributed by atoms with E-state index in [1.54, 1.807) is 25.4 Å². The smallest absolute Gasteiger partial charge is 0.254 e. The first kappa shape index (κ1) is 27.4. The fraction of sp³-hybridized carbons (Fsp3) is 0.519. The maximum Gasteiger partial charge on any atom is 0.254 e. The number of carbonyl (C=O) groups is 1. The summed E-state index contributed by atoms with van der Waals surface area (Å²) in [5, 5.41) is 15.7. The average Bonchev–Trinajstić information content (AvgIpc) is 3.39. The largest absolute Gasteiger partial charge is 0.493 e. The molecule has 1 atom stereocenters. The lowest BCUT2D eigenvalue weighted by Gasteiger charge is -2.32. The van der Waals surface area contributed by atoms with Crippen LogP contribution in [-0.2, 0) is 6.42 Å². The van der Waals surface area contributed by atoms with E-state index in [0.29, 0.717) is 35.9 Å². The Hall–Kier alpha value is -3.60. The number of anilines is 1. The molecule has 0 radical (unpaired) electrons. The summed E-state index contributed by atoms with van der Waals surface area (Å²) >= 11 is 0. The van der Waals surface area contributed by atoms with Crippen LogP contribution in [-0.4, -0.2) is 63.5 Å². The van der Waals surface area contributed by atoms with Gasteiger partial charge in [0.25, 0.3) is 5.91 Å². The summed E-state index contributed by atoms with van der Waals surface area (Å²) in [4.78, 5) is 27.6. The van der Waals surface area contributed by atoms with Crippen molar-refractivity contribution in [1.29, 1.82) is 0 Å². The van der Waals surface area contributed by atoms with Crippen molar-refractivity contribution in [3.63, 3.8) is 0 Å². The Labute approximate surface area is 221 Å². The van der Waals surface area contributed by atoms with Crippen LogP contribution in [0.3, 0.4) is 0 Å². The van der Waals surface area contributed by atoms with E-state index < -0.39 is 17.8 Å². The van der Waals surface area contributed by atoms with Crippen LogP contribution in [0.1, 0.15) is 62.2 Å². The van der Waals surface area contributed by atoms with Gasteiger partial charge in [0.15, 0.2) is 0 Å². The minimum atomic E-state index is -0.695. The zero-order chi connectivity index (χ0) is 26.9. The molecule has 10 nitrogen and oxygen atoms in total. The number of aliphatic hydroxyl groups excluding tert-OH is 1. The van der Waals surface area contributed by atoms with Crippen LogP contribution in [0, 0.1) is 11.7 Å². The van der Waals surface area contributed by atoms with Crippen LogP contribution in [0.4, 0.5) is 10.3 Å². The zero-order valence-electron chi connectivity index (χ0n) is 21.9. The summed E-state index contributed by atoms with van der Waals surface area (Å²) in [6.07, 6.45) is 8.45. The zero-order valence-corrected chi connectivity index (χ0v) is 21.9. The third-order valence-corrected chi connectivity index (χ3v) is 6.49. The van der Waals surface area contributed by atoms with E-state index in [2.05, 4.69) is 37.2 Å². The van der Waals surface area contributed by atoms with Gasteiger partial charge in [0, 0.05) is 44.5 Å². The highest BCUT2D eigenvalue weighted by atomic mass is 19.1. The van der Waals surface area contributed by atoms with Gasteiger partial charge in [-0.1, -0.05) is 12.1 Å². The van der Waals surface area contributed by atoms with Crippen LogP contribution < -0.4 is 15.0 Å². The number of benzene rings is 1. The molecule has 204 valence electrons. The fourth-order valence-corrected chi connectivity index (χ4v) is 4.38. The average molecular weight is 527 g/mol. The summed E-state index contributed by atoms with van der Waals surface area (Å²) in [6.45, 7) is 5.93. The second-order valence-electron chi connectivity index (χ2n) is 9.66. The summed E-state index contributed by atoms with van der Waals surface area (Å²) in [5.41, 5.74) is 0.670. The van der Waals surface area contributed by atoms with E-state index in [0.717, 1.165) is 57.2 Å². The highest BCUT2D eigenvalue weighted by Gasteiger charge is 2.21. The predicted octanol–water partition coefficient (Wildman–Crippen LogP) is 3.80. The van der Waals surface area contributed by atoms with Gasteiger partial charge in [0.2, 0.25) is 17.7 Å². The van der Waals surface area contributed by atoms with Gasteiger partial charge in [-0.3, -0.25) is 4.79 Å². The molecule has 0 bridgehead atoms. The van der Waals surface area contributed by atoms with Crippen molar-refractivity contribution in [1.82, 2.24) is 25.4 Å².